The molecule has 1 rings (SSSR count). The average Bonchev–Trinajstić information content (AvgIpc) is 2.08. The van der Waals surface area contributed by atoms with Crippen LogP contribution in [0, 0.1) is 11.6 Å². The Bertz CT molecular complexity index is 402. The van der Waals surface area contributed by atoms with Gasteiger partial charge in [0.25, 0.3) is 0 Å². The second-order valence-electron chi connectivity index (χ2n) is 2.46. The lowest BCUT2D eigenvalue weighted by Crippen LogP contribution is -1.91. The van der Waals surface area contributed by atoms with E-state index in [2.05, 4.69) is 15.9 Å². The van der Waals surface area contributed by atoms with Crippen LogP contribution in [0.1, 0.15) is 5.56 Å². The van der Waals surface area contributed by atoms with Crippen molar-refractivity contribution in [3.8, 4) is 0 Å². The number of aliphatic carboxylic acids is 1. The molecular weight excluding hydrogens is 258 g/mol. The third-order valence-corrected chi connectivity index (χ3v) is 1.88. The van der Waals surface area contributed by atoms with Crippen molar-refractivity contribution in [3.05, 3.63) is 39.9 Å². The maximum Gasteiger partial charge on any atom is 0.328 e. The predicted octanol–water partition coefficient (Wildman–Crippen LogP) is 2.83. The van der Waals surface area contributed by atoms with E-state index in [1.807, 2.05) is 0 Å². The van der Waals surface area contributed by atoms with Crippen molar-refractivity contribution >= 4 is 28.0 Å². The molecule has 1 aromatic rings. The first-order valence-corrected chi connectivity index (χ1v) is 4.35. The van der Waals surface area contributed by atoms with Gasteiger partial charge in [0.1, 0.15) is 0 Å². The standard InChI is InChI=1S/C9H5BrF2O2/c10-6-3-5(1-2-8(13)14)9(12)7(11)4-6/h1-4H,(H,13,14). The van der Waals surface area contributed by atoms with E-state index in [-0.39, 0.29) is 5.56 Å². The van der Waals surface area contributed by atoms with Crippen molar-refractivity contribution in [2.24, 2.45) is 0 Å². The molecule has 0 aliphatic carbocycles. The van der Waals surface area contributed by atoms with E-state index in [1.54, 1.807) is 0 Å². The van der Waals surface area contributed by atoms with Crippen molar-refractivity contribution in [1.29, 1.82) is 0 Å². The van der Waals surface area contributed by atoms with E-state index in [0.29, 0.717) is 4.47 Å². The third kappa shape index (κ3) is 2.63. The summed E-state index contributed by atoms with van der Waals surface area (Å²) < 4.78 is 26.1. The number of hydrogen-bond donors (Lipinski definition) is 1. The number of benzene rings is 1. The molecule has 0 atom stereocenters. The Morgan fingerprint density at radius 3 is 2.64 bits per heavy atom. The van der Waals surface area contributed by atoms with Crippen molar-refractivity contribution < 1.29 is 18.7 Å². The first-order valence-electron chi connectivity index (χ1n) is 3.56. The monoisotopic (exact) mass is 262 g/mol. The van der Waals surface area contributed by atoms with Gasteiger partial charge in [-0.3, -0.25) is 0 Å². The summed E-state index contributed by atoms with van der Waals surface area (Å²) in [6, 6.07) is 2.26. The highest BCUT2D eigenvalue weighted by atomic mass is 79.9. The molecule has 1 N–H and O–H groups in total. The Morgan fingerprint density at radius 2 is 2.07 bits per heavy atom. The lowest BCUT2D eigenvalue weighted by Gasteiger charge is -1.99. The summed E-state index contributed by atoms with van der Waals surface area (Å²) in [7, 11) is 0. The summed E-state index contributed by atoms with van der Waals surface area (Å²) in [4.78, 5) is 10.1. The molecule has 0 radical (unpaired) electrons. The van der Waals surface area contributed by atoms with E-state index in [1.165, 1.54) is 6.07 Å². The minimum absolute atomic E-state index is 0.112. The van der Waals surface area contributed by atoms with Crippen LogP contribution in [0.4, 0.5) is 8.78 Å². The van der Waals surface area contributed by atoms with Crippen LogP contribution in [0.15, 0.2) is 22.7 Å². The van der Waals surface area contributed by atoms with E-state index >= 15 is 0 Å². The summed E-state index contributed by atoms with van der Waals surface area (Å²) in [6.45, 7) is 0. The van der Waals surface area contributed by atoms with Gasteiger partial charge in [-0.05, 0) is 18.2 Å². The van der Waals surface area contributed by atoms with E-state index in [4.69, 9.17) is 5.11 Å². The molecular formula is C9H5BrF2O2. The largest absolute Gasteiger partial charge is 0.478 e. The van der Waals surface area contributed by atoms with Crippen LogP contribution in [0.2, 0.25) is 0 Å². The zero-order valence-corrected chi connectivity index (χ0v) is 8.38. The summed E-state index contributed by atoms with van der Waals surface area (Å²) >= 11 is 2.97. The van der Waals surface area contributed by atoms with Crippen molar-refractivity contribution in [2.45, 2.75) is 0 Å². The van der Waals surface area contributed by atoms with Gasteiger partial charge in [0, 0.05) is 16.1 Å². The van der Waals surface area contributed by atoms with E-state index < -0.39 is 17.6 Å². The van der Waals surface area contributed by atoms with Gasteiger partial charge in [-0.1, -0.05) is 15.9 Å². The number of halogens is 3. The quantitative estimate of drug-likeness (QED) is 0.658. The molecule has 2 nitrogen and oxygen atoms in total. The van der Waals surface area contributed by atoms with Crippen molar-refractivity contribution in [2.75, 3.05) is 0 Å². The maximum atomic E-state index is 13.0. The Kier molecular flexibility index (Phi) is 3.35. The number of carboxylic acids is 1. The maximum absolute atomic E-state index is 13.0. The van der Waals surface area contributed by atoms with Crippen molar-refractivity contribution in [3.63, 3.8) is 0 Å². The van der Waals surface area contributed by atoms with Gasteiger partial charge in [-0.15, -0.1) is 0 Å². The molecule has 1 aromatic carbocycles. The fourth-order valence-corrected chi connectivity index (χ4v) is 1.31. The minimum atomic E-state index is -1.22. The van der Waals surface area contributed by atoms with Crippen LogP contribution < -0.4 is 0 Å². The fraction of sp³-hybridized carbons (Fsp3) is 0. The highest BCUT2D eigenvalue weighted by Crippen LogP contribution is 2.20. The highest BCUT2D eigenvalue weighted by molar-refractivity contribution is 9.10. The molecule has 0 spiro atoms. The molecule has 0 saturated heterocycles. The third-order valence-electron chi connectivity index (χ3n) is 1.43. The molecule has 0 aliphatic rings. The van der Waals surface area contributed by atoms with Gasteiger partial charge < -0.3 is 5.11 Å². The zero-order valence-electron chi connectivity index (χ0n) is 6.80. The SMILES string of the molecule is O=C(O)C=Cc1cc(Br)cc(F)c1F. The van der Waals surface area contributed by atoms with Crippen LogP contribution in [-0.4, -0.2) is 11.1 Å². The molecule has 0 heterocycles. The van der Waals surface area contributed by atoms with Gasteiger partial charge in [0.2, 0.25) is 0 Å². The van der Waals surface area contributed by atoms with Gasteiger partial charge >= 0.3 is 5.97 Å². The molecule has 0 unspecified atom stereocenters. The molecule has 14 heavy (non-hydrogen) atoms. The first kappa shape index (κ1) is 10.8. The predicted molar refractivity (Wildman–Crippen MR) is 50.7 cm³/mol. The minimum Gasteiger partial charge on any atom is -0.478 e. The normalized spacial score (nSPS) is 10.8. The average molecular weight is 263 g/mol. The van der Waals surface area contributed by atoms with Gasteiger partial charge in [0.05, 0.1) is 0 Å². The molecule has 0 bridgehead atoms. The number of hydrogen-bond acceptors (Lipinski definition) is 1. The van der Waals surface area contributed by atoms with Gasteiger partial charge in [-0.25, -0.2) is 13.6 Å². The Balaban J connectivity index is 3.14. The number of carbonyl (C=O) groups is 1. The van der Waals surface area contributed by atoms with Crippen molar-refractivity contribution in [1.82, 2.24) is 0 Å². The number of rotatable bonds is 2. The smallest absolute Gasteiger partial charge is 0.328 e. The summed E-state index contributed by atoms with van der Waals surface area (Å²) in [6.07, 6.45) is 1.73. The zero-order chi connectivity index (χ0) is 10.7. The highest BCUT2D eigenvalue weighted by Gasteiger charge is 2.07. The van der Waals surface area contributed by atoms with Crippen LogP contribution in [0.5, 0.6) is 0 Å². The molecule has 74 valence electrons. The second kappa shape index (κ2) is 4.32. The lowest BCUT2D eigenvalue weighted by atomic mass is 10.2. The molecule has 0 fully saturated rings. The van der Waals surface area contributed by atoms with Gasteiger partial charge in [-0.2, -0.15) is 0 Å². The van der Waals surface area contributed by atoms with Crippen LogP contribution in [0.3, 0.4) is 0 Å². The topological polar surface area (TPSA) is 37.3 Å². The fourth-order valence-electron chi connectivity index (χ4n) is 0.858. The van der Waals surface area contributed by atoms with E-state index in [0.717, 1.165) is 18.2 Å². The summed E-state index contributed by atoms with van der Waals surface area (Å²) in [5.41, 5.74) is -0.112. The Hall–Kier alpha value is -1.23. The first-order chi connectivity index (χ1) is 6.50. The van der Waals surface area contributed by atoms with Crippen LogP contribution >= 0.6 is 15.9 Å². The molecule has 0 amide bonds. The van der Waals surface area contributed by atoms with Crippen LogP contribution in [0.25, 0.3) is 6.08 Å². The molecule has 5 heteroatoms. The Labute approximate surface area is 87.0 Å². The summed E-state index contributed by atoms with van der Waals surface area (Å²) in [5, 5.41) is 8.29. The second-order valence-corrected chi connectivity index (χ2v) is 3.38. The van der Waals surface area contributed by atoms with Gasteiger partial charge in [0.15, 0.2) is 11.6 Å². The molecule has 0 saturated carbocycles. The molecule has 0 aromatic heterocycles. The molecule has 0 aliphatic heterocycles. The lowest BCUT2D eigenvalue weighted by molar-refractivity contribution is -0.131. The Morgan fingerprint density at radius 1 is 1.43 bits per heavy atom. The van der Waals surface area contributed by atoms with Crippen LogP contribution in [-0.2, 0) is 4.79 Å². The summed E-state index contributed by atoms with van der Waals surface area (Å²) in [5.74, 6) is -3.31. The van der Waals surface area contributed by atoms with E-state index in [9.17, 15) is 13.6 Å². The number of carboxylic acid groups (broad SMARTS) is 1.